The molecule has 0 saturated heterocycles. The summed E-state index contributed by atoms with van der Waals surface area (Å²) >= 11 is 0. The van der Waals surface area contributed by atoms with Crippen molar-refractivity contribution in [3.8, 4) is 11.5 Å². The second-order valence-electron chi connectivity index (χ2n) is 4.88. The SMILES string of the molecule is O/N=c1\cc(-c2cc3cnccc3cn2)oc2ccccc12. The summed E-state index contributed by atoms with van der Waals surface area (Å²) in [5.74, 6) is 0.539. The van der Waals surface area contributed by atoms with E-state index >= 15 is 0 Å². The van der Waals surface area contributed by atoms with Crippen molar-refractivity contribution in [3.63, 3.8) is 0 Å². The van der Waals surface area contributed by atoms with Gasteiger partial charge < -0.3 is 9.62 Å². The molecule has 0 unspecified atom stereocenters. The zero-order valence-corrected chi connectivity index (χ0v) is 11.5. The smallest absolute Gasteiger partial charge is 0.155 e. The monoisotopic (exact) mass is 289 g/mol. The zero-order chi connectivity index (χ0) is 14.9. The highest BCUT2D eigenvalue weighted by Gasteiger charge is 2.08. The maximum Gasteiger partial charge on any atom is 0.155 e. The summed E-state index contributed by atoms with van der Waals surface area (Å²) in [7, 11) is 0. The number of pyridine rings is 2. The van der Waals surface area contributed by atoms with Crippen molar-refractivity contribution in [1.82, 2.24) is 9.97 Å². The fourth-order valence-corrected chi connectivity index (χ4v) is 2.44. The van der Waals surface area contributed by atoms with E-state index in [2.05, 4.69) is 15.1 Å². The molecule has 0 aliphatic heterocycles. The van der Waals surface area contributed by atoms with E-state index in [1.54, 1.807) is 24.7 Å². The number of fused-ring (bicyclic) bond motifs is 2. The number of para-hydroxylation sites is 1. The van der Waals surface area contributed by atoms with Crippen molar-refractivity contribution in [2.45, 2.75) is 0 Å². The molecule has 22 heavy (non-hydrogen) atoms. The molecule has 3 heterocycles. The van der Waals surface area contributed by atoms with Gasteiger partial charge in [-0.05, 0) is 24.3 Å². The molecule has 0 aliphatic carbocycles. The predicted molar refractivity (Wildman–Crippen MR) is 82.1 cm³/mol. The van der Waals surface area contributed by atoms with Gasteiger partial charge in [0.2, 0.25) is 0 Å². The molecule has 1 N–H and O–H groups in total. The number of hydrogen-bond donors (Lipinski definition) is 1. The van der Waals surface area contributed by atoms with Crippen LogP contribution in [0.3, 0.4) is 0 Å². The zero-order valence-electron chi connectivity index (χ0n) is 11.5. The van der Waals surface area contributed by atoms with Gasteiger partial charge in [-0.1, -0.05) is 17.3 Å². The molecule has 0 radical (unpaired) electrons. The van der Waals surface area contributed by atoms with Gasteiger partial charge in [0.15, 0.2) is 5.76 Å². The van der Waals surface area contributed by atoms with Crippen LogP contribution in [0.2, 0.25) is 0 Å². The Hall–Kier alpha value is -3.21. The molecular formula is C17H11N3O2. The first-order chi connectivity index (χ1) is 10.8. The van der Waals surface area contributed by atoms with Gasteiger partial charge in [-0.3, -0.25) is 9.97 Å². The van der Waals surface area contributed by atoms with Crippen molar-refractivity contribution in [2.75, 3.05) is 0 Å². The van der Waals surface area contributed by atoms with E-state index in [0.29, 0.717) is 22.4 Å². The van der Waals surface area contributed by atoms with E-state index in [0.717, 1.165) is 16.2 Å². The Balaban J connectivity index is 1.99. The Labute approximate surface area is 125 Å². The highest BCUT2D eigenvalue weighted by Crippen LogP contribution is 2.23. The van der Waals surface area contributed by atoms with Crippen LogP contribution in [0.25, 0.3) is 33.2 Å². The van der Waals surface area contributed by atoms with Gasteiger partial charge in [-0.15, -0.1) is 0 Å². The lowest BCUT2D eigenvalue weighted by Gasteiger charge is -2.04. The summed E-state index contributed by atoms with van der Waals surface area (Å²) in [5.41, 5.74) is 1.30. The minimum Gasteiger partial charge on any atom is -0.454 e. The Morgan fingerprint density at radius 3 is 2.82 bits per heavy atom. The normalized spacial score (nSPS) is 12.1. The van der Waals surface area contributed by atoms with Gasteiger partial charge >= 0.3 is 0 Å². The standard InChI is InChI=1S/C17H11N3O2/c21-20-14-8-17(22-16-4-2-1-3-13(14)16)15-7-12-9-18-6-5-11(12)10-19-15/h1-10,21H/b20-14+. The number of nitrogens with zero attached hydrogens (tertiary/aromatic N) is 3. The molecule has 0 spiro atoms. The first-order valence-electron chi connectivity index (χ1n) is 6.76. The predicted octanol–water partition coefficient (Wildman–Crippen LogP) is 3.33. The lowest BCUT2D eigenvalue weighted by Crippen LogP contribution is -2.03. The first-order valence-corrected chi connectivity index (χ1v) is 6.76. The minimum atomic E-state index is 0.449. The second-order valence-corrected chi connectivity index (χ2v) is 4.88. The third-order valence-electron chi connectivity index (χ3n) is 3.53. The fourth-order valence-electron chi connectivity index (χ4n) is 2.44. The van der Waals surface area contributed by atoms with Crippen LogP contribution in [0.4, 0.5) is 0 Å². The molecule has 4 rings (SSSR count). The summed E-state index contributed by atoms with van der Waals surface area (Å²) in [6.07, 6.45) is 5.28. The van der Waals surface area contributed by atoms with E-state index in [1.165, 1.54) is 0 Å². The third-order valence-corrected chi connectivity index (χ3v) is 3.53. The van der Waals surface area contributed by atoms with E-state index in [-0.39, 0.29) is 0 Å². The molecule has 5 heteroatoms. The molecular weight excluding hydrogens is 278 g/mol. The molecule has 0 aliphatic rings. The quantitative estimate of drug-likeness (QED) is 0.431. The van der Waals surface area contributed by atoms with Crippen LogP contribution in [0.1, 0.15) is 0 Å². The highest BCUT2D eigenvalue weighted by atomic mass is 16.4. The average Bonchev–Trinajstić information content (AvgIpc) is 2.60. The molecule has 0 saturated carbocycles. The molecule has 1 aromatic carbocycles. The Morgan fingerprint density at radius 2 is 1.91 bits per heavy atom. The summed E-state index contributed by atoms with van der Waals surface area (Å²) < 4.78 is 5.89. The van der Waals surface area contributed by atoms with E-state index in [1.807, 2.05) is 36.4 Å². The molecule has 4 aromatic rings. The topological polar surface area (TPSA) is 71.5 Å². The highest BCUT2D eigenvalue weighted by molar-refractivity contribution is 5.84. The van der Waals surface area contributed by atoms with Gasteiger partial charge in [0.25, 0.3) is 0 Å². The first kappa shape index (κ1) is 12.5. The van der Waals surface area contributed by atoms with Crippen LogP contribution >= 0.6 is 0 Å². The minimum absolute atomic E-state index is 0.449. The summed E-state index contributed by atoms with van der Waals surface area (Å²) in [6.45, 7) is 0. The van der Waals surface area contributed by atoms with Gasteiger partial charge in [-0.25, -0.2) is 0 Å². The third kappa shape index (κ3) is 2.00. The van der Waals surface area contributed by atoms with E-state index in [9.17, 15) is 5.21 Å². The summed E-state index contributed by atoms with van der Waals surface area (Å²) in [5, 5.41) is 15.8. The van der Waals surface area contributed by atoms with Gasteiger partial charge in [0.05, 0.1) is 0 Å². The number of rotatable bonds is 1. The summed E-state index contributed by atoms with van der Waals surface area (Å²) in [6, 6.07) is 12.9. The van der Waals surface area contributed by atoms with Gasteiger partial charge in [-0.2, -0.15) is 0 Å². The van der Waals surface area contributed by atoms with Crippen molar-refractivity contribution < 1.29 is 9.62 Å². The maximum absolute atomic E-state index is 9.23. The Kier molecular flexibility index (Phi) is 2.83. The lowest BCUT2D eigenvalue weighted by molar-refractivity contribution is 0.302. The number of benzene rings is 1. The second kappa shape index (κ2) is 4.96. The largest absolute Gasteiger partial charge is 0.454 e. The van der Waals surface area contributed by atoms with Crippen LogP contribution < -0.4 is 5.36 Å². The summed E-state index contributed by atoms with van der Waals surface area (Å²) in [4.78, 5) is 8.53. The lowest BCUT2D eigenvalue weighted by atomic mass is 10.1. The fraction of sp³-hybridized carbons (Fsp3) is 0. The molecule has 0 bridgehead atoms. The molecule has 106 valence electrons. The average molecular weight is 289 g/mol. The van der Waals surface area contributed by atoms with Crippen LogP contribution in [-0.4, -0.2) is 15.2 Å². The van der Waals surface area contributed by atoms with E-state index in [4.69, 9.17) is 4.42 Å². The van der Waals surface area contributed by atoms with Crippen LogP contribution in [0, 0.1) is 0 Å². The molecule has 0 fully saturated rings. The van der Waals surface area contributed by atoms with Crippen LogP contribution in [0.15, 0.2) is 70.6 Å². The molecule has 5 nitrogen and oxygen atoms in total. The van der Waals surface area contributed by atoms with Crippen molar-refractivity contribution in [1.29, 1.82) is 0 Å². The Bertz CT molecular complexity index is 1050. The molecule has 0 atom stereocenters. The van der Waals surface area contributed by atoms with E-state index < -0.39 is 0 Å². The Morgan fingerprint density at radius 1 is 1.00 bits per heavy atom. The molecule has 3 aromatic heterocycles. The van der Waals surface area contributed by atoms with Gasteiger partial charge in [0, 0.05) is 40.8 Å². The van der Waals surface area contributed by atoms with Crippen molar-refractivity contribution in [2.24, 2.45) is 5.16 Å². The van der Waals surface area contributed by atoms with Crippen molar-refractivity contribution in [3.05, 3.63) is 66.4 Å². The van der Waals surface area contributed by atoms with Crippen LogP contribution in [0.5, 0.6) is 0 Å². The number of aromatic nitrogens is 2. The van der Waals surface area contributed by atoms with Crippen LogP contribution in [-0.2, 0) is 0 Å². The molecule has 0 amide bonds. The van der Waals surface area contributed by atoms with Crippen molar-refractivity contribution >= 4 is 21.7 Å². The maximum atomic E-state index is 9.23. The number of hydrogen-bond acceptors (Lipinski definition) is 5. The van der Waals surface area contributed by atoms with Gasteiger partial charge in [0.1, 0.15) is 16.6 Å².